The molecule has 1 heterocycles. The van der Waals surface area contributed by atoms with Gasteiger partial charge in [0, 0.05) is 38.3 Å². The van der Waals surface area contributed by atoms with Crippen LogP contribution in [-0.4, -0.2) is 47.7 Å². The third-order valence-electron chi connectivity index (χ3n) is 6.60. The Balaban J connectivity index is 0.00000361. The van der Waals surface area contributed by atoms with E-state index in [1.165, 1.54) is 11.1 Å². The number of rotatable bonds is 9. The van der Waals surface area contributed by atoms with E-state index in [2.05, 4.69) is 65.7 Å². The Morgan fingerprint density at radius 3 is 2.03 bits per heavy atom. The van der Waals surface area contributed by atoms with Crippen molar-refractivity contribution in [1.29, 1.82) is 0 Å². The van der Waals surface area contributed by atoms with E-state index < -0.39 is 0 Å². The zero-order chi connectivity index (χ0) is 24.5. The molecule has 7 heteroatoms. The third-order valence-corrected chi connectivity index (χ3v) is 6.60. The Morgan fingerprint density at radius 1 is 0.944 bits per heavy atom. The minimum atomic E-state index is -0.228. The van der Waals surface area contributed by atoms with E-state index in [1.807, 2.05) is 41.3 Å². The van der Waals surface area contributed by atoms with Crippen molar-refractivity contribution in [3.63, 3.8) is 0 Å². The van der Waals surface area contributed by atoms with E-state index in [9.17, 15) is 4.79 Å². The summed E-state index contributed by atoms with van der Waals surface area (Å²) in [5, 5.41) is 3.51. The van der Waals surface area contributed by atoms with E-state index in [0.717, 1.165) is 37.3 Å². The second-order valence-corrected chi connectivity index (χ2v) is 9.30. The van der Waals surface area contributed by atoms with Gasteiger partial charge < -0.3 is 20.7 Å². The Kier molecular flexibility index (Phi) is 10.5. The molecule has 1 fully saturated rings. The molecule has 1 aliphatic heterocycles. The molecule has 3 aromatic rings. The van der Waals surface area contributed by atoms with Gasteiger partial charge in [-0.1, -0.05) is 72.8 Å². The molecule has 3 aromatic carbocycles. The Bertz CT molecular complexity index is 1020. The number of amides is 1. The van der Waals surface area contributed by atoms with Crippen LogP contribution in [0.3, 0.4) is 0 Å². The maximum atomic E-state index is 12.8. The Morgan fingerprint density at radius 2 is 1.47 bits per heavy atom. The number of nitrogen functional groups attached to an aromatic ring is 1. The topological polar surface area (TPSA) is 70.8 Å². The van der Waals surface area contributed by atoms with Gasteiger partial charge in [-0.05, 0) is 43.0 Å². The van der Waals surface area contributed by atoms with E-state index in [-0.39, 0.29) is 25.6 Å². The van der Waals surface area contributed by atoms with Crippen LogP contribution in [0.1, 0.15) is 30.9 Å². The summed E-state index contributed by atoms with van der Waals surface area (Å²) in [5.41, 5.74) is 10.2. The van der Waals surface area contributed by atoms with Gasteiger partial charge in [0.15, 0.2) is 0 Å². The number of para-hydroxylation sites is 2. The largest absolute Gasteiger partial charge is 0.448 e. The summed E-state index contributed by atoms with van der Waals surface area (Å²) in [4.78, 5) is 17.0. The van der Waals surface area contributed by atoms with Gasteiger partial charge >= 0.3 is 6.09 Å². The number of hydrogen-bond donors (Lipinski definition) is 2. The fourth-order valence-electron chi connectivity index (χ4n) is 4.45. The van der Waals surface area contributed by atoms with Crippen LogP contribution in [0.4, 0.5) is 16.2 Å². The van der Waals surface area contributed by atoms with Gasteiger partial charge in [-0.3, -0.25) is 4.90 Å². The van der Waals surface area contributed by atoms with Gasteiger partial charge in [0.05, 0.1) is 11.4 Å². The van der Waals surface area contributed by atoms with Crippen LogP contribution in [0, 0.1) is 0 Å². The normalized spacial score (nSPS) is 14.7. The molecule has 1 atom stereocenters. The number of benzene rings is 3. The molecular weight excluding hydrogens is 468 g/mol. The van der Waals surface area contributed by atoms with Crippen molar-refractivity contribution >= 4 is 31.0 Å². The van der Waals surface area contributed by atoms with Crippen LogP contribution in [0.25, 0.3) is 0 Å². The number of piperidine rings is 1. The molecule has 1 saturated heterocycles. The molecule has 0 unspecified atom stereocenters. The summed E-state index contributed by atoms with van der Waals surface area (Å²) in [6, 6.07) is 29.0. The average Bonchev–Trinajstić information content (AvgIpc) is 2.90. The summed E-state index contributed by atoms with van der Waals surface area (Å²) >= 11 is 0. The lowest BCUT2D eigenvalue weighted by Gasteiger charge is -2.33. The monoisotopic (exact) mass is 506 g/mol. The fourth-order valence-corrected chi connectivity index (χ4v) is 4.45. The smallest absolute Gasteiger partial charge is 0.409 e. The van der Waals surface area contributed by atoms with Crippen molar-refractivity contribution < 1.29 is 9.53 Å². The highest BCUT2D eigenvalue weighted by atomic mass is 32.1. The molecule has 192 valence electrons. The highest BCUT2D eigenvalue weighted by Gasteiger charge is 2.25. The fraction of sp³-hybridized carbons (Fsp3) is 0.345. The van der Waals surface area contributed by atoms with E-state index in [0.29, 0.717) is 25.7 Å². The van der Waals surface area contributed by atoms with Gasteiger partial charge in [-0.25, -0.2) is 4.79 Å². The lowest BCUT2D eigenvalue weighted by molar-refractivity contribution is 0.0595. The summed E-state index contributed by atoms with van der Waals surface area (Å²) in [7, 11) is 0. The zero-order valence-corrected chi connectivity index (χ0v) is 22.0. The summed E-state index contributed by atoms with van der Waals surface area (Å²) in [6.45, 7) is 5.43. The van der Waals surface area contributed by atoms with Crippen LogP contribution in [0.5, 0.6) is 0 Å². The van der Waals surface area contributed by atoms with Crippen molar-refractivity contribution in [1.82, 2.24) is 9.80 Å². The van der Waals surface area contributed by atoms with Crippen molar-refractivity contribution in [2.24, 2.45) is 0 Å². The molecule has 0 bridgehead atoms. The van der Waals surface area contributed by atoms with Crippen molar-refractivity contribution in [3.8, 4) is 0 Å². The van der Waals surface area contributed by atoms with E-state index in [1.54, 1.807) is 0 Å². The number of nitrogens with two attached hydrogens (primary N) is 1. The molecule has 6 nitrogen and oxygen atoms in total. The molecule has 0 radical (unpaired) electrons. The molecule has 1 aliphatic rings. The molecule has 0 aliphatic carbocycles. The van der Waals surface area contributed by atoms with Crippen LogP contribution in [-0.2, 0) is 17.8 Å². The molecule has 36 heavy (non-hydrogen) atoms. The Hall–Kier alpha value is -3.16. The van der Waals surface area contributed by atoms with Gasteiger partial charge in [0.25, 0.3) is 0 Å². The minimum Gasteiger partial charge on any atom is -0.448 e. The quantitative estimate of drug-likeness (QED) is 0.376. The molecule has 0 spiro atoms. The molecule has 1 amide bonds. The maximum Gasteiger partial charge on any atom is 0.409 e. The number of nitrogens with zero attached hydrogens (tertiary/aromatic N) is 2. The minimum absolute atomic E-state index is 0. The summed E-state index contributed by atoms with van der Waals surface area (Å²) < 4.78 is 5.78. The van der Waals surface area contributed by atoms with Gasteiger partial charge in [-0.2, -0.15) is 13.5 Å². The van der Waals surface area contributed by atoms with Gasteiger partial charge in [0.2, 0.25) is 0 Å². The predicted octanol–water partition coefficient (Wildman–Crippen LogP) is 5.49. The van der Waals surface area contributed by atoms with Gasteiger partial charge in [-0.15, -0.1) is 0 Å². The first-order valence-electron chi connectivity index (χ1n) is 12.4. The SMILES string of the molecule is C[C@@H](COC(=O)N1CCC(Nc2ccccc2N)CC1)N(Cc1ccccc1)Cc1ccccc1.S. The standard InChI is InChI=1S/C29H36N4O2.H2S/c1-23(33(20-24-10-4-2-5-11-24)21-25-12-6-3-7-13-25)22-35-29(34)32-18-16-26(17-19-32)31-28-15-9-8-14-27(28)30;/h2-15,23,26,31H,16-22,30H2,1H3;1H2/t23-;/m0./s1. The first kappa shape index (κ1) is 27.4. The Labute approximate surface area is 221 Å². The first-order valence-corrected chi connectivity index (χ1v) is 12.4. The second kappa shape index (κ2) is 13.8. The average molecular weight is 507 g/mol. The molecule has 4 rings (SSSR count). The van der Waals surface area contributed by atoms with Gasteiger partial charge in [0.1, 0.15) is 6.61 Å². The van der Waals surface area contributed by atoms with Crippen LogP contribution in [0.15, 0.2) is 84.9 Å². The lowest BCUT2D eigenvalue weighted by atomic mass is 10.0. The van der Waals surface area contributed by atoms with Crippen molar-refractivity contribution in [3.05, 3.63) is 96.1 Å². The number of carbonyl (C=O) groups excluding carboxylic acids is 1. The zero-order valence-electron chi connectivity index (χ0n) is 21.0. The second-order valence-electron chi connectivity index (χ2n) is 9.30. The highest BCUT2D eigenvalue weighted by molar-refractivity contribution is 7.59. The number of hydrogen-bond acceptors (Lipinski definition) is 5. The third kappa shape index (κ3) is 7.93. The number of ether oxygens (including phenoxy) is 1. The number of likely N-dealkylation sites (tertiary alicyclic amines) is 1. The van der Waals surface area contributed by atoms with Crippen LogP contribution in [0.2, 0.25) is 0 Å². The van der Waals surface area contributed by atoms with E-state index >= 15 is 0 Å². The molecule has 3 N–H and O–H groups in total. The summed E-state index contributed by atoms with van der Waals surface area (Å²) in [5.74, 6) is 0. The maximum absolute atomic E-state index is 12.8. The molecule has 0 saturated carbocycles. The van der Waals surface area contributed by atoms with E-state index in [4.69, 9.17) is 10.5 Å². The predicted molar refractivity (Wildman–Crippen MR) is 152 cm³/mol. The lowest BCUT2D eigenvalue weighted by Crippen LogP contribution is -2.44. The summed E-state index contributed by atoms with van der Waals surface area (Å²) in [6.07, 6.45) is 1.51. The first-order chi connectivity index (χ1) is 17.1. The van der Waals surface area contributed by atoms with Crippen molar-refractivity contribution in [2.75, 3.05) is 30.7 Å². The van der Waals surface area contributed by atoms with Crippen LogP contribution >= 0.6 is 13.5 Å². The number of anilines is 2. The van der Waals surface area contributed by atoms with Crippen LogP contribution < -0.4 is 11.1 Å². The number of nitrogens with one attached hydrogen (secondary N) is 1. The molecular formula is C29H38N4O2S. The highest BCUT2D eigenvalue weighted by Crippen LogP contribution is 2.22. The molecule has 0 aromatic heterocycles. The number of carbonyl (C=O) groups is 1. The van der Waals surface area contributed by atoms with Crippen molar-refractivity contribution in [2.45, 2.75) is 44.9 Å².